The lowest BCUT2D eigenvalue weighted by Crippen LogP contribution is -2.31. The fraction of sp³-hybridized carbons (Fsp3) is 0.417. The van der Waals surface area contributed by atoms with Crippen molar-refractivity contribution in [3.05, 3.63) is 58.6 Å². The van der Waals surface area contributed by atoms with E-state index >= 15 is 0 Å². The molecule has 1 aromatic heterocycles. The zero-order valence-corrected chi connectivity index (χ0v) is 19.3. The number of benzene rings is 2. The molecule has 0 atom stereocenters. The number of halogens is 1. The van der Waals surface area contributed by atoms with E-state index in [1.54, 1.807) is 0 Å². The van der Waals surface area contributed by atoms with Crippen molar-refractivity contribution in [3.63, 3.8) is 0 Å². The molecule has 1 fully saturated rings. The van der Waals surface area contributed by atoms with Crippen LogP contribution in [0.4, 0.5) is 11.8 Å². The van der Waals surface area contributed by atoms with Crippen LogP contribution >= 0.6 is 15.9 Å². The smallest absolute Gasteiger partial charge is 0.225 e. The summed E-state index contributed by atoms with van der Waals surface area (Å²) in [5.74, 6) is 2.46. The molecule has 1 aliphatic rings. The molecule has 0 amide bonds. The average molecular weight is 468 g/mol. The SMILES string of the molecule is CN(C)c1nc(NC2CCC(CNCc3ccc(Br)cc3)CC2)nc2ccccc12. The number of nitrogens with zero attached hydrogens (tertiary/aromatic N) is 3. The number of anilines is 2. The van der Waals surface area contributed by atoms with Gasteiger partial charge in [-0.05, 0) is 68.0 Å². The van der Waals surface area contributed by atoms with Gasteiger partial charge >= 0.3 is 0 Å². The van der Waals surface area contributed by atoms with E-state index in [9.17, 15) is 0 Å². The van der Waals surface area contributed by atoms with Crippen molar-refractivity contribution in [2.75, 3.05) is 30.9 Å². The first-order valence-corrected chi connectivity index (χ1v) is 11.5. The van der Waals surface area contributed by atoms with Crippen molar-refractivity contribution in [1.29, 1.82) is 0 Å². The number of para-hydroxylation sites is 1. The summed E-state index contributed by atoms with van der Waals surface area (Å²) >= 11 is 3.49. The van der Waals surface area contributed by atoms with Crippen molar-refractivity contribution in [3.8, 4) is 0 Å². The lowest BCUT2D eigenvalue weighted by atomic mass is 9.86. The van der Waals surface area contributed by atoms with Crippen molar-refractivity contribution in [2.45, 2.75) is 38.3 Å². The van der Waals surface area contributed by atoms with E-state index < -0.39 is 0 Å². The summed E-state index contributed by atoms with van der Waals surface area (Å²) in [5.41, 5.74) is 2.32. The van der Waals surface area contributed by atoms with Gasteiger partial charge in [0, 0.05) is 36.5 Å². The summed E-state index contributed by atoms with van der Waals surface area (Å²) in [6.07, 6.45) is 4.80. The molecule has 2 aromatic carbocycles. The third-order valence-electron chi connectivity index (χ3n) is 5.86. The van der Waals surface area contributed by atoms with Gasteiger partial charge in [-0.15, -0.1) is 0 Å². The van der Waals surface area contributed by atoms with E-state index in [1.165, 1.54) is 18.4 Å². The van der Waals surface area contributed by atoms with Gasteiger partial charge in [-0.1, -0.05) is 40.2 Å². The molecule has 0 radical (unpaired) electrons. The number of fused-ring (bicyclic) bond motifs is 1. The Balaban J connectivity index is 1.29. The van der Waals surface area contributed by atoms with Crippen LogP contribution in [0.15, 0.2) is 53.0 Å². The van der Waals surface area contributed by atoms with E-state index in [-0.39, 0.29) is 0 Å². The largest absolute Gasteiger partial charge is 0.362 e. The molecule has 0 bridgehead atoms. The Labute approximate surface area is 187 Å². The van der Waals surface area contributed by atoms with Crippen LogP contribution in [0.25, 0.3) is 10.9 Å². The minimum Gasteiger partial charge on any atom is -0.362 e. The summed E-state index contributed by atoms with van der Waals surface area (Å²) in [6, 6.07) is 17.2. The third kappa shape index (κ3) is 5.29. The number of nitrogens with one attached hydrogen (secondary N) is 2. The highest BCUT2D eigenvalue weighted by Crippen LogP contribution is 2.28. The predicted molar refractivity (Wildman–Crippen MR) is 129 cm³/mol. The van der Waals surface area contributed by atoms with Crippen molar-refractivity contribution in [2.24, 2.45) is 5.92 Å². The maximum Gasteiger partial charge on any atom is 0.225 e. The molecular weight excluding hydrogens is 438 g/mol. The second kappa shape index (κ2) is 9.75. The molecule has 1 heterocycles. The molecule has 4 rings (SSSR count). The molecule has 0 saturated heterocycles. The average Bonchev–Trinajstić information content (AvgIpc) is 2.76. The van der Waals surface area contributed by atoms with E-state index in [0.29, 0.717) is 6.04 Å². The summed E-state index contributed by atoms with van der Waals surface area (Å²) in [6.45, 7) is 2.02. The van der Waals surface area contributed by atoms with Crippen LogP contribution in [0, 0.1) is 5.92 Å². The van der Waals surface area contributed by atoms with E-state index in [1.807, 2.05) is 26.2 Å². The molecule has 1 aliphatic carbocycles. The number of hydrogen-bond acceptors (Lipinski definition) is 5. The molecule has 158 valence electrons. The summed E-state index contributed by atoms with van der Waals surface area (Å²) in [4.78, 5) is 11.6. The van der Waals surface area contributed by atoms with E-state index in [0.717, 1.165) is 59.0 Å². The van der Waals surface area contributed by atoms with E-state index in [2.05, 4.69) is 67.9 Å². The Morgan fingerprint density at radius 3 is 2.43 bits per heavy atom. The first kappa shape index (κ1) is 21.1. The minimum absolute atomic E-state index is 0.448. The molecule has 3 aromatic rings. The van der Waals surface area contributed by atoms with Crippen LogP contribution in [0.2, 0.25) is 0 Å². The van der Waals surface area contributed by atoms with Gasteiger partial charge in [-0.2, -0.15) is 4.98 Å². The van der Waals surface area contributed by atoms with Gasteiger partial charge in [0.25, 0.3) is 0 Å². The second-order valence-corrected chi connectivity index (χ2v) is 9.32. The molecule has 0 unspecified atom stereocenters. The molecule has 0 aliphatic heterocycles. The van der Waals surface area contributed by atoms with Crippen LogP contribution in [0.1, 0.15) is 31.2 Å². The fourth-order valence-electron chi connectivity index (χ4n) is 4.18. The minimum atomic E-state index is 0.448. The van der Waals surface area contributed by atoms with Crippen LogP contribution in [-0.4, -0.2) is 36.6 Å². The lowest BCUT2D eigenvalue weighted by molar-refractivity contribution is 0.324. The quantitative estimate of drug-likeness (QED) is 0.498. The highest BCUT2D eigenvalue weighted by atomic mass is 79.9. The second-order valence-electron chi connectivity index (χ2n) is 8.40. The molecule has 30 heavy (non-hydrogen) atoms. The number of hydrogen-bond donors (Lipinski definition) is 2. The Bertz CT molecular complexity index is 965. The van der Waals surface area contributed by atoms with Crippen LogP contribution in [0.3, 0.4) is 0 Å². The van der Waals surface area contributed by atoms with E-state index in [4.69, 9.17) is 9.97 Å². The van der Waals surface area contributed by atoms with Gasteiger partial charge in [0.05, 0.1) is 5.52 Å². The Morgan fingerprint density at radius 1 is 0.967 bits per heavy atom. The highest BCUT2D eigenvalue weighted by molar-refractivity contribution is 9.10. The molecule has 2 N–H and O–H groups in total. The van der Waals surface area contributed by atoms with Crippen LogP contribution < -0.4 is 15.5 Å². The van der Waals surface area contributed by atoms with Crippen molar-refractivity contribution < 1.29 is 0 Å². The maximum atomic E-state index is 4.79. The van der Waals surface area contributed by atoms with Crippen molar-refractivity contribution in [1.82, 2.24) is 15.3 Å². The van der Waals surface area contributed by atoms with Crippen LogP contribution in [0.5, 0.6) is 0 Å². The highest BCUT2D eigenvalue weighted by Gasteiger charge is 2.22. The predicted octanol–water partition coefficient (Wildman–Crippen LogP) is 5.22. The molecule has 1 saturated carbocycles. The third-order valence-corrected chi connectivity index (χ3v) is 6.39. The zero-order chi connectivity index (χ0) is 20.9. The van der Waals surface area contributed by atoms with Crippen LogP contribution in [-0.2, 0) is 6.54 Å². The van der Waals surface area contributed by atoms with Gasteiger partial charge in [-0.3, -0.25) is 0 Å². The Hall–Kier alpha value is -2.18. The number of rotatable bonds is 7. The topological polar surface area (TPSA) is 53.1 Å². The van der Waals surface area contributed by atoms with Crippen molar-refractivity contribution >= 4 is 38.6 Å². The number of aromatic nitrogens is 2. The van der Waals surface area contributed by atoms with Gasteiger partial charge < -0.3 is 15.5 Å². The summed E-state index contributed by atoms with van der Waals surface area (Å²) < 4.78 is 1.13. The maximum absolute atomic E-state index is 4.79. The zero-order valence-electron chi connectivity index (χ0n) is 17.7. The lowest BCUT2D eigenvalue weighted by Gasteiger charge is -2.29. The Kier molecular flexibility index (Phi) is 6.85. The molecular formula is C24H30BrN5. The first-order valence-electron chi connectivity index (χ1n) is 10.7. The molecule has 6 heteroatoms. The normalized spacial score (nSPS) is 19.0. The molecule has 5 nitrogen and oxygen atoms in total. The monoisotopic (exact) mass is 467 g/mol. The van der Waals surface area contributed by atoms with Gasteiger partial charge in [0.15, 0.2) is 0 Å². The molecule has 0 spiro atoms. The summed E-state index contributed by atoms with van der Waals surface area (Å²) in [5, 5.41) is 8.32. The standard InChI is InChI=1S/C24H30BrN5/c1-30(2)23-21-5-3-4-6-22(21)28-24(29-23)27-20-13-9-18(10-14-20)16-26-15-17-7-11-19(25)12-8-17/h3-8,11-12,18,20,26H,9-10,13-16H2,1-2H3,(H,27,28,29). The van der Waals surface area contributed by atoms with Gasteiger partial charge in [0.1, 0.15) is 5.82 Å². The Morgan fingerprint density at radius 2 is 1.70 bits per heavy atom. The summed E-state index contributed by atoms with van der Waals surface area (Å²) in [7, 11) is 4.07. The fourth-order valence-corrected chi connectivity index (χ4v) is 4.45. The van der Waals surface area contributed by atoms with Gasteiger partial charge in [-0.25, -0.2) is 4.98 Å². The first-order chi connectivity index (χ1) is 14.6. The van der Waals surface area contributed by atoms with Gasteiger partial charge in [0.2, 0.25) is 5.95 Å².